The minimum Gasteiger partial charge on any atom is -0.466 e. The van der Waals surface area contributed by atoms with Crippen LogP contribution in [0.25, 0.3) is 0 Å². The minimum absolute atomic E-state index is 0.175. The fourth-order valence-corrected chi connectivity index (χ4v) is 5.04. The third kappa shape index (κ3) is 3.85. The summed E-state index contributed by atoms with van der Waals surface area (Å²) < 4.78 is 10.3. The Labute approximate surface area is 184 Å². The van der Waals surface area contributed by atoms with Crippen molar-refractivity contribution in [2.24, 2.45) is 0 Å². The largest absolute Gasteiger partial charge is 0.466 e. The van der Waals surface area contributed by atoms with E-state index in [0.29, 0.717) is 33.3 Å². The van der Waals surface area contributed by atoms with E-state index >= 15 is 0 Å². The molecular formula is C23H20ClNO4S. The molecule has 154 valence electrons. The van der Waals surface area contributed by atoms with Gasteiger partial charge in [-0.3, -0.25) is 0 Å². The number of halogens is 1. The molecule has 0 aliphatic carbocycles. The quantitative estimate of drug-likeness (QED) is 0.541. The Morgan fingerprint density at radius 2 is 2.07 bits per heavy atom. The molecule has 2 heterocycles. The lowest BCUT2D eigenvalue weighted by atomic mass is 9.81. The van der Waals surface area contributed by atoms with Gasteiger partial charge in [0.15, 0.2) is 0 Å². The van der Waals surface area contributed by atoms with E-state index in [1.165, 1.54) is 7.11 Å². The number of esters is 2. The standard InChI is InChI=1S/C23H20ClNO4S/c1-13-19(22(26)28-2)20(21-17(25-13)11-29-23(21)27)16-8-3-4-9-18(16)30-12-14-6-5-7-15(24)10-14/h3-10,20,25H,11-12H2,1-2H3. The fraction of sp³-hybridized carbons (Fsp3) is 0.217. The van der Waals surface area contributed by atoms with Gasteiger partial charge in [0.05, 0.1) is 29.9 Å². The summed E-state index contributed by atoms with van der Waals surface area (Å²) >= 11 is 7.74. The zero-order valence-corrected chi connectivity index (χ0v) is 18.1. The zero-order valence-electron chi connectivity index (χ0n) is 16.5. The molecule has 1 N–H and O–H groups in total. The van der Waals surface area contributed by atoms with Crippen LogP contribution in [0.5, 0.6) is 0 Å². The van der Waals surface area contributed by atoms with Gasteiger partial charge in [0.1, 0.15) is 6.61 Å². The maximum Gasteiger partial charge on any atom is 0.337 e. The third-order valence-corrected chi connectivity index (χ3v) is 6.53. The number of rotatable bonds is 5. The van der Waals surface area contributed by atoms with Crippen LogP contribution in [-0.4, -0.2) is 25.7 Å². The van der Waals surface area contributed by atoms with Crippen LogP contribution < -0.4 is 5.32 Å². The summed E-state index contributed by atoms with van der Waals surface area (Å²) in [6.07, 6.45) is 0. The highest BCUT2D eigenvalue weighted by Crippen LogP contribution is 2.44. The molecule has 1 atom stereocenters. The summed E-state index contributed by atoms with van der Waals surface area (Å²) in [4.78, 5) is 26.2. The smallest absolute Gasteiger partial charge is 0.337 e. The minimum atomic E-state index is -0.549. The van der Waals surface area contributed by atoms with Crippen LogP contribution in [0, 0.1) is 0 Å². The van der Waals surface area contributed by atoms with Crippen molar-refractivity contribution >= 4 is 35.3 Å². The Morgan fingerprint density at radius 3 is 2.83 bits per heavy atom. The average Bonchev–Trinajstić information content (AvgIpc) is 3.11. The molecule has 0 spiro atoms. The maximum atomic E-state index is 12.7. The molecular weight excluding hydrogens is 422 g/mol. The first-order valence-electron chi connectivity index (χ1n) is 9.42. The summed E-state index contributed by atoms with van der Waals surface area (Å²) in [5.41, 5.74) is 4.22. The normalized spacial score (nSPS) is 18.1. The van der Waals surface area contributed by atoms with Gasteiger partial charge in [0.2, 0.25) is 0 Å². The van der Waals surface area contributed by atoms with Crippen molar-refractivity contribution < 1.29 is 19.1 Å². The van der Waals surface area contributed by atoms with Gasteiger partial charge in [0.25, 0.3) is 0 Å². The second-order valence-corrected chi connectivity index (χ2v) is 8.47. The number of ether oxygens (including phenoxy) is 2. The summed E-state index contributed by atoms with van der Waals surface area (Å²) in [6, 6.07) is 15.5. The van der Waals surface area contributed by atoms with E-state index in [1.54, 1.807) is 11.8 Å². The second-order valence-electron chi connectivity index (χ2n) is 7.01. The van der Waals surface area contributed by atoms with Crippen LogP contribution in [0.4, 0.5) is 0 Å². The molecule has 2 aliphatic rings. The summed E-state index contributed by atoms with van der Waals surface area (Å²) in [5.74, 6) is -0.724. The molecule has 0 bridgehead atoms. The van der Waals surface area contributed by atoms with Crippen molar-refractivity contribution in [3.8, 4) is 0 Å². The van der Waals surface area contributed by atoms with Crippen molar-refractivity contribution in [1.29, 1.82) is 0 Å². The zero-order chi connectivity index (χ0) is 21.3. The van der Waals surface area contributed by atoms with E-state index in [-0.39, 0.29) is 6.61 Å². The lowest BCUT2D eigenvalue weighted by molar-refractivity contribution is -0.136. The van der Waals surface area contributed by atoms with Crippen molar-refractivity contribution in [2.45, 2.75) is 23.5 Å². The molecule has 0 saturated heterocycles. The molecule has 0 fully saturated rings. The van der Waals surface area contributed by atoms with E-state index in [9.17, 15) is 9.59 Å². The predicted octanol–water partition coefficient (Wildman–Crippen LogP) is 4.58. The lowest BCUT2D eigenvalue weighted by Crippen LogP contribution is -2.30. The molecule has 5 nitrogen and oxygen atoms in total. The number of hydrogen-bond donors (Lipinski definition) is 1. The predicted molar refractivity (Wildman–Crippen MR) is 116 cm³/mol. The first-order chi connectivity index (χ1) is 14.5. The van der Waals surface area contributed by atoms with Crippen molar-refractivity contribution in [3.63, 3.8) is 0 Å². The Bertz CT molecular complexity index is 1090. The van der Waals surface area contributed by atoms with E-state index in [2.05, 4.69) is 5.32 Å². The van der Waals surface area contributed by atoms with E-state index in [0.717, 1.165) is 16.0 Å². The van der Waals surface area contributed by atoms with Crippen LogP contribution in [0.15, 0.2) is 76.0 Å². The molecule has 30 heavy (non-hydrogen) atoms. The number of nitrogens with one attached hydrogen (secondary N) is 1. The number of carbonyl (C=O) groups is 2. The molecule has 1 unspecified atom stereocenters. The number of cyclic esters (lactones) is 1. The number of thioether (sulfide) groups is 1. The van der Waals surface area contributed by atoms with Crippen molar-refractivity contribution in [2.75, 3.05) is 13.7 Å². The van der Waals surface area contributed by atoms with Crippen molar-refractivity contribution in [3.05, 3.63) is 87.2 Å². The van der Waals surface area contributed by atoms with Gasteiger partial charge in [0, 0.05) is 21.4 Å². The summed E-state index contributed by atoms with van der Waals surface area (Å²) in [6.45, 7) is 1.99. The highest BCUT2D eigenvalue weighted by Gasteiger charge is 2.42. The molecule has 0 aromatic heterocycles. The van der Waals surface area contributed by atoms with Crippen molar-refractivity contribution in [1.82, 2.24) is 5.32 Å². The Hall–Kier alpha value is -2.70. The molecule has 0 amide bonds. The highest BCUT2D eigenvalue weighted by atomic mass is 35.5. The molecule has 7 heteroatoms. The van der Waals surface area contributed by atoms with Gasteiger partial charge in [-0.25, -0.2) is 9.59 Å². The fourth-order valence-electron chi connectivity index (χ4n) is 3.80. The van der Waals surface area contributed by atoms with Gasteiger partial charge in [-0.05, 0) is 36.2 Å². The SMILES string of the molecule is COC(=O)C1=C(C)NC2=C(C(=O)OC2)C1c1ccccc1SCc1cccc(Cl)c1. The van der Waals surface area contributed by atoms with E-state index in [4.69, 9.17) is 21.1 Å². The van der Waals surface area contributed by atoms with Crippen LogP contribution >= 0.6 is 23.4 Å². The topological polar surface area (TPSA) is 64.6 Å². The summed E-state index contributed by atoms with van der Waals surface area (Å²) in [5, 5.41) is 3.84. The third-order valence-electron chi connectivity index (χ3n) is 5.13. The van der Waals surface area contributed by atoms with Gasteiger partial charge >= 0.3 is 11.9 Å². The number of hydrogen-bond acceptors (Lipinski definition) is 6. The molecule has 4 rings (SSSR count). The molecule has 2 aromatic carbocycles. The number of carbonyl (C=O) groups excluding carboxylic acids is 2. The van der Waals surface area contributed by atoms with Crippen LogP contribution in [0.2, 0.25) is 5.02 Å². The second kappa shape index (κ2) is 8.58. The van der Waals surface area contributed by atoms with Gasteiger partial charge in [-0.15, -0.1) is 11.8 Å². The Balaban J connectivity index is 1.76. The number of allylic oxidation sites excluding steroid dienone is 1. The number of benzene rings is 2. The van der Waals surface area contributed by atoms with Gasteiger partial charge < -0.3 is 14.8 Å². The monoisotopic (exact) mass is 441 g/mol. The van der Waals surface area contributed by atoms with E-state index < -0.39 is 17.9 Å². The average molecular weight is 442 g/mol. The first kappa shape index (κ1) is 20.6. The van der Waals surface area contributed by atoms with Gasteiger partial charge in [-0.1, -0.05) is 41.9 Å². The van der Waals surface area contributed by atoms with E-state index in [1.807, 2.05) is 55.5 Å². The number of methoxy groups -OCH3 is 1. The maximum absolute atomic E-state index is 12.7. The molecule has 0 saturated carbocycles. The summed E-state index contributed by atoms with van der Waals surface area (Å²) in [7, 11) is 1.34. The first-order valence-corrected chi connectivity index (χ1v) is 10.8. The molecule has 2 aromatic rings. The van der Waals surface area contributed by atoms with Crippen LogP contribution in [-0.2, 0) is 24.8 Å². The van der Waals surface area contributed by atoms with Gasteiger partial charge in [-0.2, -0.15) is 0 Å². The molecule has 2 aliphatic heterocycles. The van der Waals surface area contributed by atoms with Crippen LogP contribution in [0.1, 0.15) is 24.0 Å². The Kier molecular flexibility index (Phi) is 5.88. The molecule has 0 radical (unpaired) electrons. The number of dihydropyridines is 1. The lowest BCUT2D eigenvalue weighted by Gasteiger charge is -2.28. The Morgan fingerprint density at radius 1 is 1.27 bits per heavy atom. The van der Waals surface area contributed by atoms with Crippen LogP contribution in [0.3, 0.4) is 0 Å². The highest BCUT2D eigenvalue weighted by molar-refractivity contribution is 7.98.